The van der Waals surface area contributed by atoms with Gasteiger partial charge in [-0.05, 0) is 51.3 Å². The van der Waals surface area contributed by atoms with Crippen molar-refractivity contribution in [1.29, 1.82) is 0 Å². The summed E-state index contributed by atoms with van der Waals surface area (Å²) in [6.07, 6.45) is 0. The van der Waals surface area contributed by atoms with Crippen LogP contribution in [0.4, 0.5) is 0 Å². The smallest absolute Gasteiger partial charge is 0.270 e. The highest BCUT2D eigenvalue weighted by Crippen LogP contribution is 2.33. The fourth-order valence-electron chi connectivity index (χ4n) is 3.40. The molecule has 0 aliphatic heterocycles. The van der Waals surface area contributed by atoms with Gasteiger partial charge in [0.05, 0.1) is 21.1 Å². The predicted molar refractivity (Wildman–Crippen MR) is 122 cm³/mol. The molecule has 0 aliphatic rings. The molecule has 0 atom stereocenters. The van der Waals surface area contributed by atoms with E-state index in [0.717, 1.165) is 30.9 Å². The molecule has 29 heavy (non-hydrogen) atoms. The number of ether oxygens (including phenoxy) is 1. The lowest BCUT2D eigenvalue weighted by atomic mass is 10.2. The van der Waals surface area contributed by atoms with Crippen LogP contribution in [-0.2, 0) is 13.1 Å². The number of hydrogen-bond acceptors (Lipinski definition) is 3. The van der Waals surface area contributed by atoms with Crippen LogP contribution in [-0.4, -0.2) is 29.5 Å². The van der Waals surface area contributed by atoms with Crippen molar-refractivity contribution in [1.82, 2.24) is 9.47 Å². The number of rotatable bonds is 6. The molecule has 6 heteroatoms. The minimum absolute atomic E-state index is 0.0156. The third kappa shape index (κ3) is 4.23. The fraction of sp³-hybridized carbons (Fsp3) is 0.174. The molecule has 2 aromatic carbocycles. The van der Waals surface area contributed by atoms with Gasteiger partial charge in [0.1, 0.15) is 11.4 Å². The van der Waals surface area contributed by atoms with Crippen molar-refractivity contribution < 1.29 is 9.53 Å². The molecule has 0 N–H and O–H groups in total. The Morgan fingerprint density at radius 3 is 2.48 bits per heavy atom. The molecule has 4 rings (SSSR count). The molecule has 4 nitrogen and oxygen atoms in total. The van der Waals surface area contributed by atoms with Crippen LogP contribution in [0.5, 0.6) is 5.75 Å². The Morgan fingerprint density at radius 1 is 1.07 bits per heavy atom. The summed E-state index contributed by atoms with van der Waals surface area (Å²) in [7, 11) is 3.51. The van der Waals surface area contributed by atoms with Crippen molar-refractivity contribution in [3.8, 4) is 5.75 Å². The first-order chi connectivity index (χ1) is 14.0. The van der Waals surface area contributed by atoms with E-state index in [0.29, 0.717) is 18.8 Å². The van der Waals surface area contributed by atoms with E-state index in [2.05, 4.69) is 26.6 Å². The summed E-state index contributed by atoms with van der Waals surface area (Å²) in [4.78, 5) is 15.1. The van der Waals surface area contributed by atoms with Crippen molar-refractivity contribution in [3.63, 3.8) is 0 Å². The summed E-state index contributed by atoms with van der Waals surface area (Å²) >= 11 is 5.21. The quantitative estimate of drug-likeness (QED) is 0.358. The van der Waals surface area contributed by atoms with Crippen molar-refractivity contribution in [2.45, 2.75) is 13.1 Å². The standard InChI is InChI=1S/C23H21BrN2O2S/c1-25(14-16-6-4-3-5-7-16)23(27)20-12-21-19(13-22(24)29-21)26(20)15-17-8-10-18(28-2)11-9-17/h3-13H,14-15H2,1-2H3. The van der Waals surface area contributed by atoms with Crippen LogP contribution in [0.3, 0.4) is 0 Å². The van der Waals surface area contributed by atoms with Crippen LogP contribution < -0.4 is 4.74 Å². The van der Waals surface area contributed by atoms with Crippen LogP contribution in [0.2, 0.25) is 0 Å². The lowest BCUT2D eigenvalue weighted by Gasteiger charge is -2.19. The maximum atomic E-state index is 13.3. The van der Waals surface area contributed by atoms with Gasteiger partial charge in [0, 0.05) is 20.1 Å². The van der Waals surface area contributed by atoms with E-state index < -0.39 is 0 Å². The van der Waals surface area contributed by atoms with Crippen LogP contribution in [0.25, 0.3) is 10.2 Å². The minimum atomic E-state index is 0.0156. The van der Waals surface area contributed by atoms with Gasteiger partial charge < -0.3 is 14.2 Å². The van der Waals surface area contributed by atoms with E-state index in [1.807, 2.05) is 67.7 Å². The van der Waals surface area contributed by atoms with E-state index in [1.165, 1.54) is 0 Å². The van der Waals surface area contributed by atoms with Gasteiger partial charge in [-0.1, -0.05) is 42.5 Å². The molecule has 2 heterocycles. The van der Waals surface area contributed by atoms with Gasteiger partial charge in [0.2, 0.25) is 0 Å². The van der Waals surface area contributed by atoms with Crippen LogP contribution in [0, 0.1) is 0 Å². The third-order valence-corrected chi connectivity index (χ3v) is 6.46. The highest BCUT2D eigenvalue weighted by atomic mass is 79.9. The first-order valence-electron chi connectivity index (χ1n) is 9.26. The Morgan fingerprint density at radius 2 is 1.79 bits per heavy atom. The zero-order chi connectivity index (χ0) is 20.4. The molecule has 0 spiro atoms. The maximum Gasteiger partial charge on any atom is 0.270 e. The largest absolute Gasteiger partial charge is 0.497 e. The molecular formula is C23H21BrN2O2S. The monoisotopic (exact) mass is 468 g/mol. The molecule has 1 amide bonds. The summed E-state index contributed by atoms with van der Waals surface area (Å²) in [6.45, 7) is 1.20. The van der Waals surface area contributed by atoms with Gasteiger partial charge in [-0.3, -0.25) is 4.79 Å². The molecule has 0 aliphatic carbocycles. The zero-order valence-corrected chi connectivity index (χ0v) is 18.7. The number of carbonyl (C=O) groups is 1. The van der Waals surface area contributed by atoms with Gasteiger partial charge in [0.15, 0.2) is 0 Å². The molecule has 0 saturated carbocycles. The number of methoxy groups -OCH3 is 1. The van der Waals surface area contributed by atoms with Gasteiger partial charge in [-0.25, -0.2) is 0 Å². The van der Waals surface area contributed by atoms with Gasteiger partial charge in [-0.2, -0.15) is 0 Å². The highest BCUT2D eigenvalue weighted by Gasteiger charge is 2.21. The number of nitrogens with zero attached hydrogens (tertiary/aromatic N) is 2. The van der Waals surface area contributed by atoms with Crippen molar-refractivity contribution in [2.24, 2.45) is 0 Å². The molecule has 0 bridgehead atoms. The summed E-state index contributed by atoms with van der Waals surface area (Å²) in [6, 6.07) is 22.1. The lowest BCUT2D eigenvalue weighted by molar-refractivity contribution is 0.0775. The van der Waals surface area contributed by atoms with Crippen molar-refractivity contribution >= 4 is 43.4 Å². The van der Waals surface area contributed by atoms with E-state index in [9.17, 15) is 4.79 Å². The predicted octanol–water partition coefficient (Wildman–Crippen LogP) is 5.79. The fourth-order valence-corrected chi connectivity index (χ4v) is 4.96. The molecule has 2 aromatic heterocycles. The third-order valence-electron chi connectivity index (χ3n) is 4.89. The number of carbonyl (C=O) groups excluding carboxylic acids is 1. The average Bonchev–Trinajstić information content (AvgIpc) is 3.25. The van der Waals surface area contributed by atoms with E-state index >= 15 is 0 Å². The Balaban J connectivity index is 1.66. The molecule has 148 valence electrons. The second-order valence-corrected chi connectivity index (χ2v) is 9.37. The van der Waals surface area contributed by atoms with Crippen molar-refractivity contribution in [2.75, 3.05) is 14.2 Å². The van der Waals surface area contributed by atoms with E-state index in [4.69, 9.17) is 4.74 Å². The zero-order valence-electron chi connectivity index (χ0n) is 16.3. The number of hydrogen-bond donors (Lipinski definition) is 0. The molecule has 4 aromatic rings. The summed E-state index contributed by atoms with van der Waals surface area (Å²) in [5, 5.41) is 0. The van der Waals surface area contributed by atoms with Gasteiger partial charge in [0.25, 0.3) is 5.91 Å². The molecular weight excluding hydrogens is 448 g/mol. The number of amides is 1. The number of halogens is 1. The Kier molecular flexibility index (Phi) is 5.74. The topological polar surface area (TPSA) is 34.5 Å². The van der Waals surface area contributed by atoms with Crippen LogP contribution >= 0.6 is 27.3 Å². The molecule has 0 radical (unpaired) electrons. The van der Waals surface area contributed by atoms with E-state index in [-0.39, 0.29) is 5.91 Å². The second-order valence-electron chi connectivity index (χ2n) is 6.91. The van der Waals surface area contributed by atoms with Crippen molar-refractivity contribution in [3.05, 3.63) is 87.3 Å². The molecule has 0 fully saturated rings. The SMILES string of the molecule is COc1ccc(Cn2c(C(=O)N(C)Cc3ccccc3)cc3sc(Br)cc32)cc1. The summed E-state index contributed by atoms with van der Waals surface area (Å²) in [5.41, 5.74) is 3.99. The van der Waals surface area contributed by atoms with Crippen LogP contribution in [0.1, 0.15) is 21.6 Å². The Bertz CT molecular complexity index is 1130. The average molecular weight is 469 g/mol. The number of aromatic nitrogens is 1. The first kappa shape index (κ1) is 19.7. The number of fused-ring (bicyclic) bond motifs is 1. The second kappa shape index (κ2) is 8.43. The maximum absolute atomic E-state index is 13.3. The lowest BCUT2D eigenvalue weighted by Crippen LogP contribution is -2.28. The van der Waals surface area contributed by atoms with E-state index in [1.54, 1.807) is 23.3 Å². The minimum Gasteiger partial charge on any atom is -0.497 e. The number of benzene rings is 2. The molecule has 0 saturated heterocycles. The summed E-state index contributed by atoms with van der Waals surface area (Å²) < 4.78 is 9.51. The Labute approximate surface area is 182 Å². The highest BCUT2D eigenvalue weighted by molar-refractivity contribution is 9.11. The van der Waals surface area contributed by atoms with Gasteiger partial charge in [-0.15, -0.1) is 11.3 Å². The summed E-state index contributed by atoms with van der Waals surface area (Å²) in [5.74, 6) is 0.838. The normalized spacial score (nSPS) is 11.0. The van der Waals surface area contributed by atoms with Crippen LogP contribution in [0.15, 0.2) is 70.5 Å². The van der Waals surface area contributed by atoms with Gasteiger partial charge >= 0.3 is 0 Å². The first-order valence-corrected chi connectivity index (χ1v) is 10.9. The Hall–Kier alpha value is -2.57. The number of thiophene rings is 1. The molecule has 0 unspecified atom stereocenters.